The van der Waals surface area contributed by atoms with Gasteiger partial charge in [-0.1, -0.05) is 0 Å². The lowest BCUT2D eigenvalue weighted by atomic mass is 10.3. The lowest BCUT2D eigenvalue weighted by Crippen LogP contribution is -2.17. The van der Waals surface area contributed by atoms with Gasteiger partial charge >= 0.3 is 5.97 Å². The molecule has 0 radical (unpaired) electrons. The maximum absolute atomic E-state index is 10.1. The van der Waals surface area contributed by atoms with E-state index in [1.807, 2.05) is 0 Å². The Hall–Kier alpha value is -1.03. The first-order valence-corrected chi connectivity index (χ1v) is 3.82. The first-order valence-electron chi connectivity index (χ1n) is 3.82. The molecule has 0 aromatic heterocycles. The minimum atomic E-state index is -0.959. The van der Waals surface area contributed by atoms with Crippen molar-refractivity contribution < 1.29 is 15.0 Å². The summed E-state index contributed by atoms with van der Waals surface area (Å²) in [5, 5.41) is 17.2. The van der Waals surface area contributed by atoms with Crippen molar-refractivity contribution in [2.75, 3.05) is 13.6 Å². The lowest BCUT2D eigenvalue weighted by Gasteiger charge is -2.13. The summed E-state index contributed by atoms with van der Waals surface area (Å²) in [6.45, 7) is 2.36. The molecule has 0 aromatic rings. The van der Waals surface area contributed by atoms with Gasteiger partial charge in [0.1, 0.15) is 0 Å². The Morgan fingerprint density at radius 2 is 2.25 bits per heavy atom. The molecule has 4 nitrogen and oxygen atoms in total. The van der Waals surface area contributed by atoms with Gasteiger partial charge in [-0.15, -0.1) is 0 Å². The summed E-state index contributed by atoms with van der Waals surface area (Å²) < 4.78 is 0. The highest BCUT2D eigenvalue weighted by Gasteiger charge is 1.97. The maximum Gasteiger partial charge on any atom is 0.329 e. The number of aliphatic hydroxyl groups is 1. The normalized spacial score (nSPS) is 13.2. The quantitative estimate of drug-likeness (QED) is 0.586. The molecule has 0 heterocycles. The number of rotatable bonds is 5. The number of aliphatic carboxylic acids is 1. The van der Waals surface area contributed by atoms with Crippen molar-refractivity contribution in [2.45, 2.75) is 19.4 Å². The largest absolute Gasteiger partial charge is 0.478 e. The Morgan fingerprint density at radius 3 is 2.67 bits per heavy atom. The average Bonchev–Trinajstić information content (AvgIpc) is 1.96. The van der Waals surface area contributed by atoms with Crippen LogP contribution in [-0.2, 0) is 4.79 Å². The first kappa shape index (κ1) is 11.0. The van der Waals surface area contributed by atoms with Crippen molar-refractivity contribution in [1.29, 1.82) is 0 Å². The second kappa shape index (κ2) is 5.60. The van der Waals surface area contributed by atoms with Crippen LogP contribution >= 0.6 is 0 Å². The Bertz CT molecular complexity index is 166. The number of hydrogen-bond acceptors (Lipinski definition) is 3. The highest BCUT2D eigenvalue weighted by molar-refractivity contribution is 5.79. The average molecular weight is 173 g/mol. The molecule has 4 heteroatoms. The van der Waals surface area contributed by atoms with Crippen molar-refractivity contribution >= 4 is 5.97 Å². The van der Waals surface area contributed by atoms with Crippen LogP contribution in [0.5, 0.6) is 0 Å². The molecule has 12 heavy (non-hydrogen) atoms. The van der Waals surface area contributed by atoms with Crippen LogP contribution in [0.15, 0.2) is 12.3 Å². The van der Waals surface area contributed by atoms with Crippen LogP contribution in [0.3, 0.4) is 0 Å². The number of carbonyl (C=O) groups is 1. The van der Waals surface area contributed by atoms with Crippen LogP contribution in [0.4, 0.5) is 0 Å². The smallest absolute Gasteiger partial charge is 0.329 e. The van der Waals surface area contributed by atoms with Gasteiger partial charge in [-0.3, -0.25) is 0 Å². The highest BCUT2D eigenvalue weighted by Crippen LogP contribution is 1.93. The van der Waals surface area contributed by atoms with E-state index >= 15 is 0 Å². The van der Waals surface area contributed by atoms with Gasteiger partial charge in [0, 0.05) is 25.9 Å². The Labute approximate surface area is 72.1 Å². The standard InChI is InChI=1S/C8H15NO3/c1-7(10)3-5-9(2)6-4-8(11)12/h4,6-7,10H,3,5H2,1-2H3,(H,11,12)/b6-4+. The van der Waals surface area contributed by atoms with Gasteiger partial charge < -0.3 is 15.1 Å². The maximum atomic E-state index is 10.1. The predicted molar refractivity (Wildman–Crippen MR) is 45.7 cm³/mol. The second-order valence-corrected chi connectivity index (χ2v) is 2.77. The molecule has 0 saturated heterocycles. The van der Waals surface area contributed by atoms with Crippen molar-refractivity contribution in [2.24, 2.45) is 0 Å². The predicted octanol–water partition coefficient (Wildman–Crippen LogP) is 0.287. The van der Waals surface area contributed by atoms with Gasteiger partial charge in [0.15, 0.2) is 0 Å². The van der Waals surface area contributed by atoms with Gasteiger partial charge in [0.2, 0.25) is 0 Å². The molecule has 0 bridgehead atoms. The van der Waals surface area contributed by atoms with E-state index in [0.717, 1.165) is 6.08 Å². The fourth-order valence-electron chi connectivity index (χ4n) is 0.656. The number of carboxylic acid groups (broad SMARTS) is 1. The van der Waals surface area contributed by atoms with Crippen molar-refractivity contribution in [3.05, 3.63) is 12.3 Å². The van der Waals surface area contributed by atoms with E-state index in [-0.39, 0.29) is 6.10 Å². The number of nitrogens with zero attached hydrogens (tertiary/aromatic N) is 1. The van der Waals surface area contributed by atoms with E-state index in [9.17, 15) is 4.79 Å². The molecule has 1 atom stereocenters. The van der Waals surface area contributed by atoms with Crippen LogP contribution in [0.1, 0.15) is 13.3 Å². The van der Waals surface area contributed by atoms with Crippen molar-refractivity contribution in [3.63, 3.8) is 0 Å². The summed E-state index contributed by atoms with van der Waals surface area (Å²) in [5.74, 6) is -0.959. The SMILES string of the molecule is CC(O)CCN(C)/C=C/C(=O)O. The molecule has 0 rings (SSSR count). The molecule has 0 aliphatic carbocycles. The van der Waals surface area contributed by atoms with Crippen LogP contribution < -0.4 is 0 Å². The third-order valence-corrected chi connectivity index (χ3v) is 1.37. The topological polar surface area (TPSA) is 60.8 Å². The zero-order chi connectivity index (χ0) is 9.56. The summed E-state index contributed by atoms with van der Waals surface area (Å²) in [6.07, 6.45) is 2.85. The molecule has 2 N–H and O–H groups in total. The molecule has 0 spiro atoms. The summed E-state index contributed by atoms with van der Waals surface area (Å²) in [4.78, 5) is 11.8. The van der Waals surface area contributed by atoms with Crippen molar-refractivity contribution in [1.82, 2.24) is 4.90 Å². The van der Waals surface area contributed by atoms with E-state index in [1.165, 1.54) is 6.20 Å². The van der Waals surface area contributed by atoms with E-state index in [4.69, 9.17) is 10.2 Å². The third kappa shape index (κ3) is 7.08. The molecule has 0 aromatic carbocycles. The highest BCUT2D eigenvalue weighted by atomic mass is 16.4. The molecule has 0 fully saturated rings. The third-order valence-electron chi connectivity index (χ3n) is 1.37. The fourth-order valence-corrected chi connectivity index (χ4v) is 0.656. The molecular weight excluding hydrogens is 158 g/mol. The van der Waals surface area contributed by atoms with E-state index < -0.39 is 5.97 Å². The van der Waals surface area contributed by atoms with Crippen LogP contribution in [-0.4, -0.2) is 40.8 Å². The zero-order valence-corrected chi connectivity index (χ0v) is 7.40. The number of hydrogen-bond donors (Lipinski definition) is 2. The van der Waals surface area contributed by atoms with Gasteiger partial charge in [-0.05, 0) is 13.3 Å². The molecule has 1 unspecified atom stereocenters. The van der Waals surface area contributed by atoms with Gasteiger partial charge in [-0.25, -0.2) is 4.79 Å². The van der Waals surface area contributed by atoms with Crippen LogP contribution in [0.25, 0.3) is 0 Å². The van der Waals surface area contributed by atoms with Gasteiger partial charge in [0.25, 0.3) is 0 Å². The summed E-state index contributed by atoms with van der Waals surface area (Å²) in [6, 6.07) is 0. The van der Waals surface area contributed by atoms with Crippen molar-refractivity contribution in [3.8, 4) is 0 Å². The Morgan fingerprint density at radius 1 is 1.67 bits per heavy atom. The molecule has 0 saturated carbocycles. The molecule has 0 amide bonds. The minimum Gasteiger partial charge on any atom is -0.478 e. The minimum absolute atomic E-state index is 0.342. The fraction of sp³-hybridized carbons (Fsp3) is 0.625. The zero-order valence-electron chi connectivity index (χ0n) is 7.40. The number of aliphatic hydroxyl groups excluding tert-OH is 1. The van der Waals surface area contributed by atoms with Gasteiger partial charge in [-0.2, -0.15) is 0 Å². The molecule has 0 aliphatic heterocycles. The molecule has 70 valence electrons. The summed E-state index contributed by atoms with van der Waals surface area (Å²) in [7, 11) is 1.77. The number of carboxylic acids is 1. The monoisotopic (exact) mass is 173 g/mol. The lowest BCUT2D eigenvalue weighted by molar-refractivity contribution is -0.131. The summed E-state index contributed by atoms with van der Waals surface area (Å²) in [5.41, 5.74) is 0. The van der Waals surface area contributed by atoms with E-state index in [1.54, 1.807) is 18.9 Å². The van der Waals surface area contributed by atoms with E-state index in [2.05, 4.69) is 0 Å². The van der Waals surface area contributed by atoms with Gasteiger partial charge in [0.05, 0.1) is 6.10 Å². The Kier molecular flexibility index (Phi) is 5.12. The Balaban J connectivity index is 3.59. The second-order valence-electron chi connectivity index (χ2n) is 2.77. The molecule has 0 aliphatic rings. The van der Waals surface area contributed by atoms with Crippen LogP contribution in [0.2, 0.25) is 0 Å². The summed E-state index contributed by atoms with van der Waals surface area (Å²) >= 11 is 0. The van der Waals surface area contributed by atoms with Crippen LogP contribution in [0, 0.1) is 0 Å². The first-order chi connectivity index (χ1) is 5.52. The van der Waals surface area contributed by atoms with E-state index in [0.29, 0.717) is 13.0 Å². The molecular formula is C8H15NO3.